The normalized spacial score (nSPS) is 12.2. The second kappa shape index (κ2) is 3.85. The van der Waals surface area contributed by atoms with Crippen molar-refractivity contribution >= 4 is 23.2 Å². The highest BCUT2D eigenvalue weighted by molar-refractivity contribution is 6.33. The Balaban J connectivity index is 3.15. The molecule has 0 aliphatic carbocycles. The molecule has 1 atom stereocenters. The van der Waals surface area contributed by atoms with Crippen molar-refractivity contribution in [1.29, 1.82) is 0 Å². The van der Waals surface area contributed by atoms with Gasteiger partial charge in [-0.2, -0.15) is 0 Å². The molecule has 2 heteroatoms. The van der Waals surface area contributed by atoms with Gasteiger partial charge < -0.3 is 0 Å². The third kappa shape index (κ3) is 1.94. The van der Waals surface area contributed by atoms with Crippen LogP contribution < -0.4 is 0 Å². The quantitative estimate of drug-likeness (QED) is 0.604. The van der Waals surface area contributed by atoms with Gasteiger partial charge in [0.1, 0.15) is 0 Å². The predicted octanol–water partition coefficient (Wildman–Crippen LogP) is 3.73. The van der Waals surface area contributed by atoms with Gasteiger partial charge in [0, 0.05) is 16.0 Å². The minimum Gasteiger partial charge on any atom is -0.119 e. The molecule has 0 amide bonds. The van der Waals surface area contributed by atoms with Gasteiger partial charge in [-0.1, -0.05) is 29.1 Å². The van der Waals surface area contributed by atoms with Gasteiger partial charge in [-0.05, 0) is 30.7 Å². The SMILES string of the molecule is C#CC(C)c1cc(Cl)ccc1Cl. The standard InChI is InChI=1S/C10H8Cl2/c1-3-7(2)9-6-8(11)4-5-10(9)12/h1,4-7H,2H3. The Morgan fingerprint density at radius 3 is 2.67 bits per heavy atom. The average Bonchev–Trinajstić information content (AvgIpc) is 2.08. The molecule has 0 bridgehead atoms. The van der Waals surface area contributed by atoms with E-state index in [0.29, 0.717) is 10.0 Å². The summed E-state index contributed by atoms with van der Waals surface area (Å²) in [5, 5.41) is 1.33. The summed E-state index contributed by atoms with van der Waals surface area (Å²) < 4.78 is 0. The molecule has 0 radical (unpaired) electrons. The maximum absolute atomic E-state index is 5.92. The average molecular weight is 199 g/mol. The Morgan fingerprint density at radius 1 is 1.42 bits per heavy atom. The van der Waals surface area contributed by atoms with Gasteiger partial charge in [-0.25, -0.2) is 0 Å². The molecule has 0 fully saturated rings. The minimum atomic E-state index is 0.0104. The van der Waals surface area contributed by atoms with Gasteiger partial charge in [0.15, 0.2) is 0 Å². The van der Waals surface area contributed by atoms with Crippen molar-refractivity contribution in [3.63, 3.8) is 0 Å². The number of hydrogen-bond acceptors (Lipinski definition) is 0. The molecule has 0 saturated heterocycles. The third-order valence-electron chi connectivity index (χ3n) is 1.67. The molecule has 0 aliphatic heterocycles. The van der Waals surface area contributed by atoms with E-state index in [2.05, 4.69) is 5.92 Å². The van der Waals surface area contributed by atoms with E-state index in [-0.39, 0.29) is 5.92 Å². The molecular formula is C10H8Cl2. The molecule has 62 valence electrons. The molecule has 12 heavy (non-hydrogen) atoms. The largest absolute Gasteiger partial charge is 0.119 e. The maximum Gasteiger partial charge on any atom is 0.0451 e. The highest BCUT2D eigenvalue weighted by atomic mass is 35.5. The first-order valence-corrected chi connectivity index (χ1v) is 4.32. The number of hydrogen-bond donors (Lipinski definition) is 0. The van der Waals surface area contributed by atoms with Crippen LogP contribution in [0.3, 0.4) is 0 Å². The van der Waals surface area contributed by atoms with E-state index in [4.69, 9.17) is 29.6 Å². The summed E-state index contributed by atoms with van der Waals surface area (Å²) in [7, 11) is 0. The zero-order valence-corrected chi connectivity index (χ0v) is 8.15. The van der Waals surface area contributed by atoms with E-state index in [0.717, 1.165) is 5.56 Å². The Morgan fingerprint density at radius 2 is 2.08 bits per heavy atom. The molecule has 0 N–H and O–H groups in total. The van der Waals surface area contributed by atoms with Crippen LogP contribution in [0.15, 0.2) is 18.2 Å². The van der Waals surface area contributed by atoms with E-state index in [9.17, 15) is 0 Å². The Bertz CT molecular complexity index is 323. The zero-order chi connectivity index (χ0) is 9.14. The van der Waals surface area contributed by atoms with Crippen LogP contribution in [0.4, 0.5) is 0 Å². The lowest BCUT2D eigenvalue weighted by atomic mass is 10.0. The molecular weight excluding hydrogens is 191 g/mol. The molecule has 1 aromatic rings. The lowest BCUT2D eigenvalue weighted by Crippen LogP contribution is -1.90. The van der Waals surface area contributed by atoms with Gasteiger partial charge in [0.05, 0.1) is 0 Å². The van der Waals surface area contributed by atoms with E-state index in [1.807, 2.05) is 6.92 Å². The molecule has 0 aliphatic rings. The summed E-state index contributed by atoms with van der Waals surface area (Å²) in [4.78, 5) is 0. The summed E-state index contributed by atoms with van der Waals surface area (Å²) in [5.74, 6) is 2.62. The third-order valence-corrected chi connectivity index (χ3v) is 2.25. The summed E-state index contributed by atoms with van der Waals surface area (Å²) in [6.45, 7) is 1.91. The smallest absolute Gasteiger partial charge is 0.0451 e. The van der Waals surface area contributed by atoms with E-state index in [1.165, 1.54) is 0 Å². The second-order valence-electron chi connectivity index (χ2n) is 2.55. The minimum absolute atomic E-state index is 0.0104. The molecule has 1 unspecified atom stereocenters. The van der Waals surface area contributed by atoms with Gasteiger partial charge in [-0.3, -0.25) is 0 Å². The van der Waals surface area contributed by atoms with Crippen molar-refractivity contribution in [2.75, 3.05) is 0 Å². The van der Waals surface area contributed by atoms with Gasteiger partial charge in [-0.15, -0.1) is 6.42 Å². The first-order valence-electron chi connectivity index (χ1n) is 3.56. The van der Waals surface area contributed by atoms with Gasteiger partial charge in [0.25, 0.3) is 0 Å². The first kappa shape index (κ1) is 9.45. The van der Waals surface area contributed by atoms with Crippen LogP contribution in [0.2, 0.25) is 10.0 Å². The van der Waals surface area contributed by atoms with Crippen molar-refractivity contribution < 1.29 is 0 Å². The fourth-order valence-corrected chi connectivity index (χ4v) is 1.40. The second-order valence-corrected chi connectivity index (χ2v) is 3.40. The first-order chi connectivity index (χ1) is 5.65. The topological polar surface area (TPSA) is 0 Å². The van der Waals surface area contributed by atoms with E-state index >= 15 is 0 Å². The lowest BCUT2D eigenvalue weighted by Gasteiger charge is -2.06. The van der Waals surface area contributed by atoms with Crippen LogP contribution in [0.25, 0.3) is 0 Å². The molecule has 1 rings (SSSR count). The number of halogens is 2. The maximum atomic E-state index is 5.92. The van der Waals surface area contributed by atoms with Crippen molar-refractivity contribution in [3.8, 4) is 12.3 Å². The van der Waals surface area contributed by atoms with Crippen LogP contribution in [0, 0.1) is 12.3 Å². The number of benzene rings is 1. The van der Waals surface area contributed by atoms with Crippen LogP contribution >= 0.6 is 23.2 Å². The van der Waals surface area contributed by atoms with E-state index in [1.54, 1.807) is 18.2 Å². The van der Waals surface area contributed by atoms with Crippen molar-refractivity contribution in [1.82, 2.24) is 0 Å². The molecule has 0 spiro atoms. The Kier molecular flexibility index (Phi) is 3.03. The molecule has 0 saturated carbocycles. The van der Waals surface area contributed by atoms with Gasteiger partial charge >= 0.3 is 0 Å². The predicted molar refractivity (Wildman–Crippen MR) is 53.7 cm³/mol. The van der Waals surface area contributed by atoms with Crippen LogP contribution in [0.1, 0.15) is 18.4 Å². The summed E-state index contributed by atoms with van der Waals surface area (Å²) >= 11 is 11.7. The molecule has 0 heterocycles. The molecule has 1 aromatic carbocycles. The number of rotatable bonds is 1. The Hall–Kier alpha value is -0.640. The lowest BCUT2D eigenvalue weighted by molar-refractivity contribution is 1.01. The van der Waals surface area contributed by atoms with Crippen LogP contribution in [-0.2, 0) is 0 Å². The Labute approximate surface area is 82.5 Å². The summed E-state index contributed by atoms with van der Waals surface area (Å²) in [5.41, 5.74) is 0.909. The van der Waals surface area contributed by atoms with E-state index < -0.39 is 0 Å². The fourth-order valence-electron chi connectivity index (χ4n) is 0.936. The molecule has 0 nitrogen and oxygen atoms in total. The monoisotopic (exact) mass is 198 g/mol. The highest BCUT2D eigenvalue weighted by Gasteiger charge is 2.06. The van der Waals surface area contributed by atoms with Crippen LogP contribution in [-0.4, -0.2) is 0 Å². The van der Waals surface area contributed by atoms with Crippen molar-refractivity contribution in [2.45, 2.75) is 12.8 Å². The zero-order valence-electron chi connectivity index (χ0n) is 6.64. The summed E-state index contributed by atoms with van der Waals surface area (Å²) in [6, 6.07) is 5.30. The summed E-state index contributed by atoms with van der Waals surface area (Å²) in [6.07, 6.45) is 5.27. The number of terminal acetylenes is 1. The van der Waals surface area contributed by atoms with Crippen molar-refractivity contribution in [3.05, 3.63) is 33.8 Å². The van der Waals surface area contributed by atoms with Crippen molar-refractivity contribution in [2.24, 2.45) is 0 Å². The van der Waals surface area contributed by atoms with Gasteiger partial charge in [0.2, 0.25) is 0 Å². The fraction of sp³-hybridized carbons (Fsp3) is 0.200. The molecule has 0 aromatic heterocycles. The van der Waals surface area contributed by atoms with Crippen LogP contribution in [0.5, 0.6) is 0 Å². The highest BCUT2D eigenvalue weighted by Crippen LogP contribution is 2.26.